The van der Waals surface area contributed by atoms with Crippen LogP contribution in [0.1, 0.15) is 41.6 Å². The van der Waals surface area contributed by atoms with Gasteiger partial charge in [0.15, 0.2) is 0 Å². The van der Waals surface area contributed by atoms with Crippen molar-refractivity contribution in [2.45, 2.75) is 39.7 Å². The Bertz CT molecular complexity index is 617. The molecule has 1 aromatic heterocycles. The zero-order valence-electron chi connectivity index (χ0n) is 14.8. The summed E-state index contributed by atoms with van der Waals surface area (Å²) in [6.45, 7) is 9.14. The Kier molecular flexibility index (Phi) is 4.94. The molecule has 0 spiro atoms. The summed E-state index contributed by atoms with van der Waals surface area (Å²) in [4.78, 5) is 29.0. The monoisotopic (exact) mass is 333 g/mol. The topological polar surface area (TPSA) is 65.8 Å². The Labute approximate surface area is 143 Å². The molecule has 1 N–H and O–H groups in total. The van der Waals surface area contributed by atoms with Gasteiger partial charge in [-0.05, 0) is 46.2 Å². The van der Waals surface area contributed by atoms with Gasteiger partial charge in [-0.15, -0.1) is 0 Å². The summed E-state index contributed by atoms with van der Waals surface area (Å²) in [5.41, 5.74) is 0.638. The summed E-state index contributed by atoms with van der Waals surface area (Å²) >= 11 is 0. The van der Waals surface area contributed by atoms with E-state index in [0.29, 0.717) is 43.5 Å². The molecule has 0 unspecified atom stereocenters. The fourth-order valence-electron chi connectivity index (χ4n) is 3.76. The SMILES string of the molecule is Cc1cc(C(=O)N2CCN(C(=O)[C@H]3CCN[C@@H](C)C3)CC2)c(C)o1. The molecule has 2 amide bonds. The lowest BCUT2D eigenvalue weighted by atomic mass is 9.92. The number of furan rings is 1. The Hall–Kier alpha value is -1.82. The van der Waals surface area contributed by atoms with Crippen LogP contribution in [-0.2, 0) is 4.79 Å². The van der Waals surface area contributed by atoms with Crippen molar-refractivity contribution in [2.24, 2.45) is 5.92 Å². The molecule has 6 nitrogen and oxygen atoms in total. The predicted octanol–water partition coefficient (Wildman–Crippen LogP) is 1.57. The summed E-state index contributed by atoms with van der Waals surface area (Å²) in [7, 11) is 0. The van der Waals surface area contributed by atoms with Crippen molar-refractivity contribution in [2.75, 3.05) is 32.7 Å². The molecule has 0 radical (unpaired) electrons. The lowest BCUT2D eigenvalue weighted by Crippen LogP contribution is -2.53. The van der Waals surface area contributed by atoms with Gasteiger partial charge in [-0.3, -0.25) is 9.59 Å². The molecule has 0 bridgehead atoms. The smallest absolute Gasteiger partial charge is 0.257 e. The van der Waals surface area contributed by atoms with Crippen molar-refractivity contribution in [1.82, 2.24) is 15.1 Å². The first-order valence-corrected chi connectivity index (χ1v) is 8.84. The van der Waals surface area contributed by atoms with Crippen molar-refractivity contribution >= 4 is 11.8 Å². The van der Waals surface area contributed by atoms with E-state index in [-0.39, 0.29) is 17.7 Å². The number of hydrogen-bond donors (Lipinski definition) is 1. The number of piperazine rings is 1. The molecule has 0 saturated carbocycles. The fraction of sp³-hybridized carbons (Fsp3) is 0.667. The molecule has 2 atom stereocenters. The molecule has 2 aliphatic rings. The normalized spacial score (nSPS) is 25.0. The third kappa shape index (κ3) is 3.48. The van der Waals surface area contributed by atoms with Crippen LogP contribution in [0.4, 0.5) is 0 Å². The van der Waals surface area contributed by atoms with Crippen LogP contribution in [-0.4, -0.2) is 60.4 Å². The second-order valence-corrected chi connectivity index (χ2v) is 7.02. The average Bonchev–Trinajstić information content (AvgIpc) is 2.92. The largest absolute Gasteiger partial charge is 0.466 e. The molecule has 6 heteroatoms. The van der Waals surface area contributed by atoms with Crippen molar-refractivity contribution in [3.8, 4) is 0 Å². The molecule has 2 saturated heterocycles. The number of carbonyl (C=O) groups is 2. The molecular weight excluding hydrogens is 306 g/mol. The van der Waals surface area contributed by atoms with E-state index in [9.17, 15) is 9.59 Å². The van der Waals surface area contributed by atoms with E-state index in [2.05, 4.69) is 12.2 Å². The second-order valence-electron chi connectivity index (χ2n) is 7.02. The molecular formula is C18H27N3O3. The quantitative estimate of drug-likeness (QED) is 0.892. The first-order chi connectivity index (χ1) is 11.5. The van der Waals surface area contributed by atoms with Gasteiger partial charge in [-0.1, -0.05) is 0 Å². The van der Waals surface area contributed by atoms with Crippen LogP contribution < -0.4 is 5.32 Å². The Morgan fingerprint density at radius 3 is 2.42 bits per heavy atom. The van der Waals surface area contributed by atoms with E-state index in [1.807, 2.05) is 23.6 Å². The lowest BCUT2D eigenvalue weighted by molar-refractivity contribution is -0.138. The molecule has 132 valence electrons. The van der Waals surface area contributed by atoms with Gasteiger partial charge >= 0.3 is 0 Å². The lowest BCUT2D eigenvalue weighted by Gasteiger charge is -2.38. The number of aryl methyl sites for hydroxylation is 2. The van der Waals surface area contributed by atoms with Crippen molar-refractivity contribution in [1.29, 1.82) is 0 Å². The van der Waals surface area contributed by atoms with Gasteiger partial charge < -0.3 is 19.5 Å². The average molecular weight is 333 g/mol. The van der Waals surface area contributed by atoms with Gasteiger partial charge in [0.05, 0.1) is 5.56 Å². The van der Waals surface area contributed by atoms with Gasteiger partial charge in [0, 0.05) is 38.1 Å². The Morgan fingerprint density at radius 1 is 1.17 bits per heavy atom. The van der Waals surface area contributed by atoms with Crippen molar-refractivity contribution in [3.05, 3.63) is 23.2 Å². The highest BCUT2D eigenvalue weighted by atomic mass is 16.3. The van der Waals surface area contributed by atoms with Crippen LogP contribution in [0.5, 0.6) is 0 Å². The van der Waals surface area contributed by atoms with E-state index in [0.717, 1.165) is 25.1 Å². The van der Waals surface area contributed by atoms with Gasteiger partial charge in [-0.2, -0.15) is 0 Å². The van der Waals surface area contributed by atoms with Gasteiger partial charge in [0.2, 0.25) is 5.91 Å². The Balaban J connectivity index is 1.56. The molecule has 0 aromatic carbocycles. The number of amides is 2. The predicted molar refractivity (Wildman–Crippen MR) is 90.9 cm³/mol. The van der Waals surface area contributed by atoms with E-state index in [4.69, 9.17) is 4.42 Å². The molecule has 3 rings (SSSR count). The first-order valence-electron chi connectivity index (χ1n) is 8.84. The molecule has 2 fully saturated rings. The maximum Gasteiger partial charge on any atom is 0.257 e. The van der Waals surface area contributed by atoms with Crippen LogP contribution in [0.15, 0.2) is 10.5 Å². The third-order valence-electron chi connectivity index (χ3n) is 5.12. The minimum atomic E-state index is 0.00642. The minimum absolute atomic E-state index is 0.00642. The summed E-state index contributed by atoms with van der Waals surface area (Å²) < 4.78 is 5.46. The minimum Gasteiger partial charge on any atom is -0.466 e. The van der Waals surface area contributed by atoms with Crippen LogP contribution in [0.25, 0.3) is 0 Å². The van der Waals surface area contributed by atoms with E-state index in [1.54, 1.807) is 6.07 Å². The maximum atomic E-state index is 12.7. The highest BCUT2D eigenvalue weighted by Crippen LogP contribution is 2.21. The number of hydrogen-bond acceptors (Lipinski definition) is 4. The molecule has 24 heavy (non-hydrogen) atoms. The standard InChI is InChI=1S/C18H27N3O3/c1-12-10-15(4-5-19-12)17(22)20-6-8-21(9-7-20)18(23)16-11-13(2)24-14(16)3/h11-12,15,19H,4-10H2,1-3H3/t12-,15-/m0/s1. The number of carbonyl (C=O) groups excluding carboxylic acids is 2. The fourth-order valence-corrected chi connectivity index (χ4v) is 3.76. The van der Waals surface area contributed by atoms with Gasteiger partial charge in [0.25, 0.3) is 5.91 Å². The van der Waals surface area contributed by atoms with E-state index in [1.165, 1.54) is 0 Å². The summed E-state index contributed by atoms with van der Waals surface area (Å²) in [5, 5.41) is 3.38. The number of nitrogens with one attached hydrogen (secondary N) is 1. The molecule has 3 heterocycles. The van der Waals surface area contributed by atoms with Gasteiger partial charge in [-0.25, -0.2) is 0 Å². The molecule has 0 aliphatic carbocycles. The van der Waals surface area contributed by atoms with Crippen molar-refractivity contribution < 1.29 is 14.0 Å². The Morgan fingerprint density at radius 2 is 1.83 bits per heavy atom. The van der Waals surface area contributed by atoms with Gasteiger partial charge in [0.1, 0.15) is 11.5 Å². The highest BCUT2D eigenvalue weighted by molar-refractivity contribution is 5.95. The van der Waals surface area contributed by atoms with Crippen LogP contribution in [0.2, 0.25) is 0 Å². The zero-order valence-corrected chi connectivity index (χ0v) is 14.8. The number of nitrogens with zero attached hydrogens (tertiary/aromatic N) is 2. The van der Waals surface area contributed by atoms with E-state index >= 15 is 0 Å². The van der Waals surface area contributed by atoms with Crippen LogP contribution >= 0.6 is 0 Å². The third-order valence-corrected chi connectivity index (χ3v) is 5.12. The molecule has 1 aromatic rings. The first kappa shape index (κ1) is 17.0. The highest BCUT2D eigenvalue weighted by Gasteiger charge is 2.32. The number of piperidine rings is 1. The summed E-state index contributed by atoms with van der Waals surface area (Å²) in [5.74, 6) is 1.81. The zero-order chi connectivity index (χ0) is 17.3. The maximum absolute atomic E-state index is 12.7. The number of rotatable bonds is 2. The second kappa shape index (κ2) is 6.97. The van der Waals surface area contributed by atoms with Crippen LogP contribution in [0, 0.1) is 19.8 Å². The summed E-state index contributed by atoms with van der Waals surface area (Å²) in [6.07, 6.45) is 1.82. The van der Waals surface area contributed by atoms with E-state index < -0.39 is 0 Å². The molecule has 2 aliphatic heterocycles. The van der Waals surface area contributed by atoms with Crippen LogP contribution in [0.3, 0.4) is 0 Å². The van der Waals surface area contributed by atoms with Crippen molar-refractivity contribution in [3.63, 3.8) is 0 Å². The summed E-state index contributed by atoms with van der Waals surface area (Å²) in [6, 6.07) is 2.20.